The second-order valence-electron chi connectivity index (χ2n) is 7.40. The molecule has 3 N–H and O–H groups in total. The fourth-order valence-electron chi connectivity index (χ4n) is 3.06. The van der Waals surface area contributed by atoms with Gasteiger partial charge in [0.1, 0.15) is 12.4 Å². The molecule has 3 aromatic rings. The Morgan fingerprint density at radius 3 is 2.41 bits per heavy atom. The van der Waals surface area contributed by atoms with Crippen molar-refractivity contribution in [2.45, 2.75) is 13.5 Å². The highest BCUT2D eigenvalue weighted by Crippen LogP contribution is 2.25. The van der Waals surface area contributed by atoms with Crippen molar-refractivity contribution in [3.05, 3.63) is 83.4 Å². The number of hydrogen-bond donors (Lipinski definition) is 3. The van der Waals surface area contributed by atoms with Crippen molar-refractivity contribution in [1.29, 1.82) is 5.26 Å². The lowest BCUT2D eigenvalue weighted by molar-refractivity contribution is -0.114. The van der Waals surface area contributed by atoms with Crippen molar-refractivity contribution < 1.29 is 22.7 Å². The van der Waals surface area contributed by atoms with Crippen molar-refractivity contribution >= 4 is 38.9 Å². The summed E-state index contributed by atoms with van der Waals surface area (Å²) in [4.78, 5) is 24.4. The van der Waals surface area contributed by atoms with E-state index in [1.807, 2.05) is 6.07 Å². The minimum Gasteiger partial charge on any atom is -0.489 e. The molecule has 10 heteroatoms. The first-order chi connectivity index (χ1) is 16.1. The average molecular weight is 479 g/mol. The average Bonchev–Trinajstić information content (AvgIpc) is 2.78. The molecule has 0 saturated carbocycles. The van der Waals surface area contributed by atoms with Gasteiger partial charge >= 0.3 is 0 Å². The highest BCUT2D eigenvalue weighted by molar-refractivity contribution is 7.92. The number of benzene rings is 3. The highest BCUT2D eigenvalue weighted by Gasteiger charge is 2.16. The molecule has 0 aromatic heterocycles. The normalized spacial score (nSPS) is 10.6. The summed E-state index contributed by atoms with van der Waals surface area (Å²) in [6.45, 7) is 1.55. The third-order valence-corrected chi connectivity index (χ3v) is 5.02. The number of nitrogens with one attached hydrogen (secondary N) is 3. The molecule has 0 bridgehead atoms. The predicted octanol–water partition coefficient (Wildman–Crippen LogP) is 3.72. The smallest absolute Gasteiger partial charge is 0.257 e. The first-order valence-corrected chi connectivity index (χ1v) is 11.9. The van der Waals surface area contributed by atoms with Crippen LogP contribution in [0.5, 0.6) is 5.75 Å². The Morgan fingerprint density at radius 1 is 0.971 bits per heavy atom. The lowest BCUT2D eigenvalue weighted by atomic mass is 10.1. The van der Waals surface area contributed by atoms with Crippen LogP contribution in [0.4, 0.5) is 17.1 Å². The topological polar surface area (TPSA) is 137 Å². The second-order valence-corrected chi connectivity index (χ2v) is 9.15. The summed E-state index contributed by atoms with van der Waals surface area (Å²) in [5.74, 6) is -0.431. The molecule has 0 atom stereocenters. The predicted molar refractivity (Wildman–Crippen MR) is 129 cm³/mol. The summed E-state index contributed by atoms with van der Waals surface area (Å²) >= 11 is 0. The maximum atomic E-state index is 13.0. The van der Waals surface area contributed by atoms with Gasteiger partial charge in [-0.15, -0.1) is 0 Å². The quantitative estimate of drug-likeness (QED) is 0.451. The molecule has 0 saturated heterocycles. The van der Waals surface area contributed by atoms with Crippen LogP contribution in [-0.2, 0) is 21.4 Å². The first kappa shape index (κ1) is 24.3. The zero-order valence-corrected chi connectivity index (χ0v) is 19.3. The summed E-state index contributed by atoms with van der Waals surface area (Å²) in [7, 11) is -3.64. The Balaban J connectivity index is 1.79. The van der Waals surface area contributed by atoms with Crippen molar-refractivity contribution in [1.82, 2.24) is 0 Å². The van der Waals surface area contributed by atoms with Crippen molar-refractivity contribution in [2.75, 3.05) is 21.6 Å². The standard InChI is InChI=1S/C24H22N4O5S/c1-16(29)26-20-9-10-23(28-34(2,31)32)22(13-20)24(30)27-19-7-4-8-21(12-19)33-15-18-6-3-5-17(11-18)14-25/h3-13,28H,15H2,1-2H3,(H,26,29)(H,27,30). The number of nitrogens with zero attached hydrogens (tertiary/aromatic N) is 1. The van der Waals surface area contributed by atoms with E-state index < -0.39 is 15.9 Å². The van der Waals surface area contributed by atoms with Gasteiger partial charge in [0.25, 0.3) is 5.91 Å². The SMILES string of the molecule is CC(=O)Nc1ccc(NS(C)(=O)=O)c(C(=O)Nc2cccc(OCc3cccc(C#N)c3)c2)c1. The Hall–Kier alpha value is -4.36. The zero-order valence-electron chi connectivity index (χ0n) is 18.5. The summed E-state index contributed by atoms with van der Waals surface area (Å²) in [5, 5.41) is 14.3. The molecule has 9 nitrogen and oxygen atoms in total. The Labute approximate surface area is 197 Å². The third-order valence-electron chi connectivity index (χ3n) is 4.43. The molecule has 0 unspecified atom stereocenters. The number of nitriles is 1. The Morgan fingerprint density at radius 2 is 1.71 bits per heavy atom. The second kappa shape index (κ2) is 10.5. The van der Waals surface area contributed by atoms with E-state index in [0.717, 1.165) is 11.8 Å². The maximum Gasteiger partial charge on any atom is 0.257 e. The molecule has 34 heavy (non-hydrogen) atoms. The molecule has 0 aliphatic carbocycles. The van der Waals surface area contributed by atoms with Crippen LogP contribution >= 0.6 is 0 Å². The molecular formula is C24H22N4O5S. The van der Waals surface area contributed by atoms with Crippen LogP contribution in [0.15, 0.2) is 66.7 Å². The molecular weight excluding hydrogens is 456 g/mol. The molecule has 0 spiro atoms. The van der Waals surface area contributed by atoms with Crippen LogP contribution in [0.1, 0.15) is 28.4 Å². The molecule has 0 radical (unpaired) electrons. The molecule has 3 rings (SSSR count). The fourth-order valence-corrected chi connectivity index (χ4v) is 3.64. The minimum atomic E-state index is -3.64. The van der Waals surface area contributed by atoms with Gasteiger partial charge in [-0.25, -0.2) is 8.42 Å². The van der Waals surface area contributed by atoms with Gasteiger partial charge in [-0.2, -0.15) is 5.26 Å². The molecule has 174 valence electrons. The number of carbonyl (C=O) groups is 2. The first-order valence-electron chi connectivity index (χ1n) is 10.1. The van der Waals surface area contributed by atoms with Gasteiger partial charge in [0.05, 0.1) is 29.1 Å². The van der Waals surface area contributed by atoms with Gasteiger partial charge in [0.15, 0.2) is 0 Å². The highest BCUT2D eigenvalue weighted by atomic mass is 32.2. The molecule has 0 heterocycles. The lowest BCUT2D eigenvalue weighted by Gasteiger charge is -2.14. The van der Waals surface area contributed by atoms with E-state index in [1.54, 1.807) is 42.5 Å². The van der Waals surface area contributed by atoms with Crippen molar-refractivity contribution in [2.24, 2.45) is 0 Å². The summed E-state index contributed by atoms with van der Waals surface area (Å²) in [5.41, 5.74) is 2.20. The van der Waals surface area contributed by atoms with Crippen LogP contribution in [0, 0.1) is 11.3 Å². The largest absolute Gasteiger partial charge is 0.489 e. The Bertz CT molecular complexity index is 1380. The van der Waals surface area contributed by atoms with E-state index >= 15 is 0 Å². The maximum absolute atomic E-state index is 13.0. The third kappa shape index (κ3) is 7.08. The van der Waals surface area contributed by atoms with Crippen LogP contribution in [0.3, 0.4) is 0 Å². The van der Waals surface area contributed by atoms with Crippen LogP contribution in [0.2, 0.25) is 0 Å². The molecule has 0 aliphatic heterocycles. The van der Waals surface area contributed by atoms with Crippen LogP contribution < -0.4 is 20.1 Å². The van der Waals surface area contributed by atoms with E-state index in [4.69, 9.17) is 10.00 Å². The van der Waals surface area contributed by atoms with Crippen LogP contribution in [-0.4, -0.2) is 26.5 Å². The number of anilines is 3. The number of hydrogen-bond acceptors (Lipinski definition) is 6. The summed E-state index contributed by atoms with van der Waals surface area (Å²) in [6, 6.07) is 20.1. The van der Waals surface area contributed by atoms with Gasteiger partial charge in [0, 0.05) is 24.4 Å². The van der Waals surface area contributed by atoms with Crippen molar-refractivity contribution in [3.8, 4) is 11.8 Å². The monoisotopic (exact) mass is 478 g/mol. The van der Waals surface area contributed by atoms with Gasteiger partial charge in [-0.05, 0) is 48.0 Å². The minimum absolute atomic E-state index is 0.0244. The number of carbonyl (C=O) groups excluding carboxylic acids is 2. The molecule has 0 aliphatic rings. The van der Waals surface area contributed by atoms with Gasteiger partial charge < -0.3 is 15.4 Å². The van der Waals surface area contributed by atoms with E-state index in [1.165, 1.54) is 25.1 Å². The lowest BCUT2D eigenvalue weighted by Crippen LogP contribution is -2.18. The van der Waals surface area contributed by atoms with E-state index in [-0.39, 0.29) is 23.8 Å². The number of amides is 2. The van der Waals surface area contributed by atoms with E-state index in [9.17, 15) is 18.0 Å². The zero-order chi connectivity index (χ0) is 24.7. The fraction of sp³-hybridized carbons (Fsp3) is 0.125. The summed E-state index contributed by atoms with van der Waals surface area (Å²) < 4.78 is 31.5. The van der Waals surface area contributed by atoms with Gasteiger partial charge in [0.2, 0.25) is 15.9 Å². The molecule has 3 aromatic carbocycles. The van der Waals surface area contributed by atoms with Gasteiger partial charge in [-0.1, -0.05) is 18.2 Å². The molecule has 2 amide bonds. The van der Waals surface area contributed by atoms with E-state index in [2.05, 4.69) is 21.4 Å². The van der Waals surface area contributed by atoms with Crippen LogP contribution in [0.25, 0.3) is 0 Å². The number of ether oxygens (including phenoxy) is 1. The summed E-state index contributed by atoms with van der Waals surface area (Å²) in [6.07, 6.45) is 0.976. The van der Waals surface area contributed by atoms with Gasteiger partial charge in [-0.3, -0.25) is 14.3 Å². The number of rotatable bonds is 8. The van der Waals surface area contributed by atoms with Crippen molar-refractivity contribution in [3.63, 3.8) is 0 Å². The number of sulfonamides is 1. The van der Waals surface area contributed by atoms with E-state index in [0.29, 0.717) is 22.7 Å². The molecule has 0 fully saturated rings. The Kier molecular flexibility index (Phi) is 7.50.